The summed E-state index contributed by atoms with van der Waals surface area (Å²) in [5.41, 5.74) is 0.847. The average molecular weight is 355 g/mol. The van der Waals surface area contributed by atoms with Crippen molar-refractivity contribution in [1.82, 2.24) is 5.32 Å². The lowest BCUT2D eigenvalue weighted by Gasteiger charge is -2.28. The van der Waals surface area contributed by atoms with Crippen LogP contribution < -0.4 is 5.32 Å². The number of carbonyl (C=O) groups excluding carboxylic acids is 1. The van der Waals surface area contributed by atoms with Crippen molar-refractivity contribution in [1.29, 1.82) is 0 Å². The predicted octanol–water partition coefficient (Wildman–Crippen LogP) is 1.96. The fraction of sp³-hybridized carbons (Fsp3) is 0.300. The number of hydrogen-bond donors (Lipinski definition) is 2. The first kappa shape index (κ1) is 19.3. The van der Waals surface area contributed by atoms with Gasteiger partial charge in [0.2, 0.25) is 0 Å². The van der Waals surface area contributed by atoms with E-state index < -0.39 is 17.9 Å². The van der Waals surface area contributed by atoms with Crippen molar-refractivity contribution in [2.24, 2.45) is 0 Å². The standard InChI is InChI=1S/C20H22N2O4/c1-22(2,3)14-16(13-19(23)24)21-20(25)18-12-11-17(26-18)10-9-15-7-5-4-6-8-15/h4-8,11-12,16H,13-14H2,1-3H3,(H-,21,23,24,25)/p+1/t16-/m1/s1. The number of furan rings is 1. The molecule has 1 aromatic carbocycles. The van der Waals surface area contributed by atoms with Crippen LogP contribution in [0.3, 0.4) is 0 Å². The first-order valence-electron chi connectivity index (χ1n) is 8.23. The molecule has 1 amide bonds. The Balaban J connectivity index is 2.06. The fourth-order valence-corrected chi connectivity index (χ4v) is 2.47. The minimum atomic E-state index is -0.961. The Kier molecular flexibility index (Phi) is 6.21. The quantitative estimate of drug-likeness (QED) is 0.613. The SMILES string of the molecule is C[N+](C)(C)C[C@@H](CC(=O)O)NC(=O)c1ccc(C#Cc2ccccc2)o1. The van der Waals surface area contributed by atoms with Gasteiger partial charge >= 0.3 is 5.97 Å². The third-order valence-corrected chi connectivity index (χ3v) is 3.46. The van der Waals surface area contributed by atoms with E-state index in [0.717, 1.165) is 5.56 Å². The monoisotopic (exact) mass is 355 g/mol. The summed E-state index contributed by atoms with van der Waals surface area (Å²) in [4.78, 5) is 23.4. The third-order valence-electron chi connectivity index (χ3n) is 3.46. The lowest BCUT2D eigenvalue weighted by atomic mass is 10.2. The van der Waals surface area contributed by atoms with Crippen LogP contribution in [0.2, 0.25) is 0 Å². The molecule has 2 rings (SSSR count). The van der Waals surface area contributed by atoms with E-state index in [9.17, 15) is 9.59 Å². The summed E-state index contributed by atoms with van der Waals surface area (Å²) in [5.74, 6) is 4.90. The molecule has 0 unspecified atom stereocenters. The molecule has 0 aliphatic rings. The number of rotatable bonds is 6. The normalized spacial score (nSPS) is 12.0. The largest absolute Gasteiger partial charge is 0.481 e. The van der Waals surface area contributed by atoms with Crippen molar-refractivity contribution in [2.75, 3.05) is 27.7 Å². The molecular weight excluding hydrogens is 332 g/mol. The Morgan fingerprint density at radius 2 is 1.81 bits per heavy atom. The number of carboxylic acid groups (broad SMARTS) is 1. The van der Waals surface area contributed by atoms with Crippen LogP contribution in [0.1, 0.15) is 28.3 Å². The van der Waals surface area contributed by atoms with E-state index in [4.69, 9.17) is 9.52 Å². The molecule has 6 heteroatoms. The van der Waals surface area contributed by atoms with E-state index in [2.05, 4.69) is 17.2 Å². The molecule has 0 fully saturated rings. The Morgan fingerprint density at radius 1 is 1.12 bits per heavy atom. The minimum absolute atomic E-state index is 0.110. The number of carbonyl (C=O) groups is 2. The van der Waals surface area contributed by atoms with Crippen molar-refractivity contribution in [2.45, 2.75) is 12.5 Å². The molecule has 0 saturated carbocycles. The molecule has 0 spiro atoms. The highest BCUT2D eigenvalue weighted by molar-refractivity contribution is 5.92. The third kappa shape index (κ3) is 6.46. The summed E-state index contributed by atoms with van der Waals surface area (Å²) in [6.07, 6.45) is -0.150. The van der Waals surface area contributed by atoms with E-state index in [-0.39, 0.29) is 12.2 Å². The molecule has 26 heavy (non-hydrogen) atoms. The van der Waals surface area contributed by atoms with Gasteiger partial charge in [0, 0.05) is 5.56 Å². The predicted molar refractivity (Wildman–Crippen MR) is 97.5 cm³/mol. The van der Waals surface area contributed by atoms with Gasteiger partial charge in [0.15, 0.2) is 11.5 Å². The Hall–Kier alpha value is -3.04. The molecule has 0 aliphatic carbocycles. The lowest BCUT2D eigenvalue weighted by molar-refractivity contribution is -0.871. The first-order valence-corrected chi connectivity index (χ1v) is 8.23. The number of aliphatic carboxylic acids is 1. The Bertz CT molecular complexity index is 823. The highest BCUT2D eigenvalue weighted by Crippen LogP contribution is 2.09. The van der Waals surface area contributed by atoms with Crippen LogP contribution in [-0.2, 0) is 4.79 Å². The highest BCUT2D eigenvalue weighted by atomic mass is 16.4. The first-order chi connectivity index (χ1) is 12.2. The molecule has 0 saturated heterocycles. The molecule has 136 valence electrons. The van der Waals surface area contributed by atoms with Crippen LogP contribution in [0.5, 0.6) is 0 Å². The maximum Gasteiger partial charge on any atom is 0.305 e. The van der Waals surface area contributed by atoms with Crippen molar-refractivity contribution >= 4 is 11.9 Å². The smallest absolute Gasteiger partial charge is 0.305 e. The summed E-state index contributed by atoms with van der Waals surface area (Å²) < 4.78 is 6.00. The molecule has 2 N–H and O–H groups in total. The second kappa shape index (κ2) is 8.37. The van der Waals surface area contributed by atoms with Gasteiger partial charge in [-0.2, -0.15) is 0 Å². The maximum atomic E-state index is 12.4. The van der Waals surface area contributed by atoms with Crippen molar-refractivity contribution in [3.63, 3.8) is 0 Å². The van der Waals surface area contributed by atoms with Crippen molar-refractivity contribution in [3.05, 3.63) is 59.5 Å². The molecule has 6 nitrogen and oxygen atoms in total. The number of quaternary nitrogens is 1. The summed E-state index contributed by atoms with van der Waals surface area (Å²) >= 11 is 0. The summed E-state index contributed by atoms with van der Waals surface area (Å²) in [5, 5.41) is 11.8. The average Bonchev–Trinajstić information content (AvgIpc) is 3.00. The van der Waals surface area contributed by atoms with E-state index in [1.165, 1.54) is 6.07 Å². The van der Waals surface area contributed by atoms with Crippen LogP contribution in [0, 0.1) is 11.8 Å². The Labute approximate surface area is 153 Å². The zero-order chi connectivity index (χ0) is 19.2. The van der Waals surface area contributed by atoms with Gasteiger partial charge < -0.3 is 19.3 Å². The molecule has 2 aromatic rings. The molecule has 1 heterocycles. The Morgan fingerprint density at radius 3 is 2.42 bits per heavy atom. The van der Waals surface area contributed by atoms with Gasteiger partial charge in [-0.15, -0.1) is 0 Å². The summed E-state index contributed by atoms with van der Waals surface area (Å²) in [6.45, 7) is 0.486. The van der Waals surface area contributed by atoms with E-state index in [1.807, 2.05) is 51.5 Å². The number of likely N-dealkylation sites (N-methyl/N-ethyl adjacent to an activating group) is 1. The van der Waals surface area contributed by atoms with Crippen LogP contribution in [0.4, 0.5) is 0 Å². The molecule has 1 atom stereocenters. The van der Waals surface area contributed by atoms with Gasteiger partial charge in [0.25, 0.3) is 5.91 Å². The second-order valence-corrected chi connectivity index (χ2v) is 7.02. The van der Waals surface area contributed by atoms with E-state index in [0.29, 0.717) is 16.8 Å². The van der Waals surface area contributed by atoms with Gasteiger partial charge in [-0.3, -0.25) is 9.59 Å². The van der Waals surface area contributed by atoms with Crippen LogP contribution in [0.25, 0.3) is 0 Å². The van der Waals surface area contributed by atoms with Gasteiger partial charge in [0.1, 0.15) is 0 Å². The number of benzene rings is 1. The van der Waals surface area contributed by atoms with Crippen LogP contribution >= 0.6 is 0 Å². The number of carboxylic acids is 1. The molecule has 0 bridgehead atoms. The zero-order valence-corrected chi connectivity index (χ0v) is 15.2. The fourth-order valence-electron chi connectivity index (χ4n) is 2.47. The topological polar surface area (TPSA) is 79.5 Å². The highest BCUT2D eigenvalue weighted by Gasteiger charge is 2.24. The molecular formula is C20H23N2O4+. The number of nitrogens with one attached hydrogen (secondary N) is 1. The van der Waals surface area contributed by atoms with E-state index in [1.54, 1.807) is 6.07 Å². The number of amides is 1. The van der Waals surface area contributed by atoms with Crippen molar-refractivity contribution < 1.29 is 23.6 Å². The van der Waals surface area contributed by atoms with Crippen molar-refractivity contribution in [3.8, 4) is 11.8 Å². The minimum Gasteiger partial charge on any atom is -0.481 e. The summed E-state index contributed by atoms with van der Waals surface area (Å²) in [7, 11) is 5.81. The van der Waals surface area contributed by atoms with Crippen LogP contribution in [0.15, 0.2) is 46.9 Å². The van der Waals surface area contributed by atoms with Gasteiger partial charge in [-0.1, -0.05) is 24.1 Å². The molecule has 1 aromatic heterocycles. The zero-order valence-electron chi connectivity index (χ0n) is 15.2. The van der Waals surface area contributed by atoms with E-state index >= 15 is 0 Å². The van der Waals surface area contributed by atoms with Gasteiger partial charge in [0.05, 0.1) is 40.2 Å². The number of nitrogens with zero attached hydrogens (tertiary/aromatic N) is 1. The molecule has 0 aliphatic heterocycles. The summed E-state index contributed by atoms with van der Waals surface area (Å²) in [6, 6.07) is 12.1. The molecule has 0 radical (unpaired) electrons. The lowest BCUT2D eigenvalue weighted by Crippen LogP contribution is -2.49. The van der Waals surface area contributed by atoms with Gasteiger partial charge in [-0.05, 0) is 30.2 Å². The maximum absolute atomic E-state index is 12.4. The number of hydrogen-bond acceptors (Lipinski definition) is 3. The second-order valence-electron chi connectivity index (χ2n) is 7.02. The van der Waals surface area contributed by atoms with Crippen LogP contribution in [-0.4, -0.2) is 55.2 Å². The van der Waals surface area contributed by atoms with Gasteiger partial charge in [-0.25, -0.2) is 0 Å².